The minimum absolute atomic E-state index is 0.385. The van der Waals surface area contributed by atoms with Crippen LogP contribution >= 0.6 is 23.6 Å². The van der Waals surface area contributed by atoms with Crippen LogP contribution in [0.2, 0.25) is 0 Å². The molecule has 0 bridgehead atoms. The number of nitrogens with two attached hydrogens (primary N) is 1. The maximum Gasteiger partial charge on any atom is 0.120 e. The second-order valence-corrected chi connectivity index (χ2v) is 6.04. The average Bonchev–Trinajstić information content (AvgIpc) is 2.92. The molecule has 1 heterocycles. The van der Waals surface area contributed by atoms with Crippen molar-refractivity contribution in [2.75, 3.05) is 12.4 Å². The number of thiocarbonyl (C=S) groups is 1. The first-order valence-corrected chi connectivity index (χ1v) is 7.65. The molecular weight excluding hydrogens is 288 g/mol. The fourth-order valence-electron chi connectivity index (χ4n) is 1.90. The highest BCUT2D eigenvalue weighted by molar-refractivity contribution is 7.80. The summed E-state index contributed by atoms with van der Waals surface area (Å²) in [5, 5.41) is 3.39. The van der Waals surface area contributed by atoms with Gasteiger partial charge in [-0.3, -0.25) is 0 Å². The first-order valence-electron chi connectivity index (χ1n) is 6.43. The molecule has 0 fully saturated rings. The number of nitrogens with one attached hydrogen (secondary N) is 1. The number of aryl methyl sites for hydroxylation is 1. The van der Waals surface area contributed by atoms with Gasteiger partial charge in [-0.05, 0) is 30.7 Å². The van der Waals surface area contributed by atoms with Crippen molar-refractivity contribution in [2.24, 2.45) is 5.73 Å². The van der Waals surface area contributed by atoms with Gasteiger partial charge in [-0.25, -0.2) is 0 Å². The van der Waals surface area contributed by atoms with Crippen molar-refractivity contribution in [1.29, 1.82) is 0 Å². The number of methoxy groups -OCH3 is 1. The zero-order chi connectivity index (χ0) is 14.5. The molecule has 2 aromatic rings. The highest BCUT2D eigenvalue weighted by Crippen LogP contribution is 2.24. The summed E-state index contributed by atoms with van der Waals surface area (Å²) in [6.45, 7) is 2.92. The molecule has 0 aliphatic rings. The number of hydrogen-bond acceptors (Lipinski definition) is 4. The Morgan fingerprint density at radius 1 is 1.30 bits per heavy atom. The van der Waals surface area contributed by atoms with Crippen LogP contribution in [0.1, 0.15) is 22.2 Å². The molecule has 0 spiro atoms. The quantitative estimate of drug-likeness (QED) is 0.801. The average molecular weight is 306 g/mol. The maximum absolute atomic E-state index is 5.75. The van der Waals surface area contributed by atoms with E-state index in [4.69, 9.17) is 22.7 Å². The zero-order valence-electron chi connectivity index (χ0n) is 11.6. The number of benzene rings is 1. The minimum Gasteiger partial charge on any atom is -0.497 e. The predicted octanol–water partition coefficient (Wildman–Crippen LogP) is 3.57. The largest absolute Gasteiger partial charge is 0.497 e. The molecule has 5 heteroatoms. The molecule has 0 saturated carbocycles. The van der Waals surface area contributed by atoms with Gasteiger partial charge in [0, 0.05) is 33.6 Å². The Labute approximate surface area is 128 Å². The lowest BCUT2D eigenvalue weighted by atomic mass is 10.1. The fraction of sp³-hybridized carbons (Fsp3) is 0.267. The molecule has 3 nitrogen and oxygen atoms in total. The Morgan fingerprint density at radius 3 is 2.65 bits per heavy atom. The van der Waals surface area contributed by atoms with Gasteiger partial charge in [0.2, 0.25) is 0 Å². The highest BCUT2D eigenvalue weighted by atomic mass is 32.1. The lowest BCUT2D eigenvalue weighted by Gasteiger charge is -2.12. The van der Waals surface area contributed by atoms with Crippen molar-refractivity contribution in [3.63, 3.8) is 0 Å². The van der Waals surface area contributed by atoms with E-state index < -0.39 is 0 Å². The molecule has 1 aromatic carbocycles. The highest BCUT2D eigenvalue weighted by Gasteiger charge is 2.07. The summed E-state index contributed by atoms with van der Waals surface area (Å²) in [4.78, 5) is 3.07. The molecule has 0 saturated heterocycles. The molecule has 0 radical (unpaired) electrons. The zero-order valence-corrected chi connectivity index (χ0v) is 13.2. The van der Waals surface area contributed by atoms with Gasteiger partial charge >= 0.3 is 0 Å². The molecule has 0 unspecified atom stereocenters. The predicted molar refractivity (Wildman–Crippen MR) is 89.9 cm³/mol. The van der Waals surface area contributed by atoms with Crippen LogP contribution in [-0.4, -0.2) is 12.1 Å². The van der Waals surface area contributed by atoms with E-state index in [1.54, 1.807) is 7.11 Å². The number of ether oxygens (including phenoxy) is 1. The molecule has 2 rings (SSSR count). The molecule has 0 atom stereocenters. The third-order valence-corrected chi connectivity index (χ3v) is 4.46. The third-order valence-electron chi connectivity index (χ3n) is 3.01. The Kier molecular flexibility index (Phi) is 4.98. The normalized spacial score (nSPS) is 10.3. The van der Waals surface area contributed by atoms with Crippen LogP contribution in [0.4, 0.5) is 5.69 Å². The van der Waals surface area contributed by atoms with Crippen LogP contribution < -0.4 is 15.8 Å². The second-order valence-electron chi connectivity index (χ2n) is 4.35. The van der Waals surface area contributed by atoms with Crippen molar-refractivity contribution < 1.29 is 4.74 Å². The molecular formula is C15H18N2OS2. The van der Waals surface area contributed by atoms with Crippen molar-refractivity contribution in [3.05, 3.63) is 45.6 Å². The van der Waals surface area contributed by atoms with E-state index in [2.05, 4.69) is 24.4 Å². The number of thiophene rings is 1. The molecule has 1 aromatic heterocycles. The standard InChI is InChI=1S/C15H18N2OS2/c1-3-11-5-6-12(20-11)9-17-14-8-10(18-2)4-7-13(14)15(16)19/h4-8,17H,3,9H2,1-2H3,(H2,16,19). The number of anilines is 1. The van der Waals surface area contributed by atoms with Gasteiger partial charge in [0.15, 0.2) is 0 Å². The summed E-state index contributed by atoms with van der Waals surface area (Å²) in [5.41, 5.74) is 7.50. The molecule has 0 aliphatic heterocycles. The van der Waals surface area contributed by atoms with Crippen LogP contribution in [0.25, 0.3) is 0 Å². The summed E-state index contributed by atoms with van der Waals surface area (Å²) in [6.07, 6.45) is 1.07. The minimum atomic E-state index is 0.385. The van der Waals surface area contributed by atoms with Crippen LogP contribution in [0, 0.1) is 0 Å². The van der Waals surface area contributed by atoms with Crippen LogP contribution in [-0.2, 0) is 13.0 Å². The molecule has 0 amide bonds. The van der Waals surface area contributed by atoms with Crippen molar-refractivity contribution in [3.8, 4) is 5.75 Å². The molecule has 0 aliphatic carbocycles. The Hall–Kier alpha value is -1.59. The Bertz CT molecular complexity index is 608. The SMILES string of the molecule is CCc1ccc(CNc2cc(OC)ccc2C(N)=S)s1. The summed E-state index contributed by atoms with van der Waals surface area (Å²) in [6, 6.07) is 9.98. The van der Waals surface area contributed by atoms with Gasteiger partial charge in [-0.1, -0.05) is 19.1 Å². The van der Waals surface area contributed by atoms with Crippen molar-refractivity contribution >= 4 is 34.2 Å². The van der Waals surface area contributed by atoms with Gasteiger partial charge in [-0.15, -0.1) is 11.3 Å². The third kappa shape index (κ3) is 3.49. The topological polar surface area (TPSA) is 47.3 Å². The van der Waals surface area contributed by atoms with Gasteiger partial charge in [0.05, 0.1) is 7.11 Å². The smallest absolute Gasteiger partial charge is 0.120 e. The van der Waals surface area contributed by atoms with Gasteiger partial charge < -0.3 is 15.8 Å². The van der Waals surface area contributed by atoms with Gasteiger partial charge in [-0.2, -0.15) is 0 Å². The number of hydrogen-bond donors (Lipinski definition) is 2. The summed E-state index contributed by atoms with van der Waals surface area (Å²) in [7, 11) is 1.65. The van der Waals surface area contributed by atoms with E-state index in [1.807, 2.05) is 29.5 Å². The monoisotopic (exact) mass is 306 g/mol. The number of rotatable bonds is 6. The lowest BCUT2D eigenvalue weighted by Crippen LogP contribution is -2.13. The summed E-state index contributed by atoms with van der Waals surface area (Å²) < 4.78 is 5.24. The van der Waals surface area contributed by atoms with E-state index in [0.29, 0.717) is 4.99 Å². The van der Waals surface area contributed by atoms with Crippen LogP contribution in [0.15, 0.2) is 30.3 Å². The van der Waals surface area contributed by atoms with E-state index in [9.17, 15) is 0 Å². The first-order chi connectivity index (χ1) is 9.63. The second kappa shape index (κ2) is 6.72. The Balaban J connectivity index is 2.16. The fourth-order valence-corrected chi connectivity index (χ4v) is 2.98. The lowest BCUT2D eigenvalue weighted by molar-refractivity contribution is 0.415. The molecule has 20 heavy (non-hydrogen) atoms. The van der Waals surface area contributed by atoms with E-state index in [1.165, 1.54) is 9.75 Å². The van der Waals surface area contributed by atoms with Gasteiger partial charge in [0.1, 0.15) is 10.7 Å². The van der Waals surface area contributed by atoms with Crippen LogP contribution in [0.3, 0.4) is 0 Å². The maximum atomic E-state index is 5.75. The molecule has 3 N–H and O–H groups in total. The van der Waals surface area contributed by atoms with Gasteiger partial charge in [0.25, 0.3) is 0 Å². The van der Waals surface area contributed by atoms with E-state index in [-0.39, 0.29) is 0 Å². The van der Waals surface area contributed by atoms with Crippen LogP contribution in [0.5, 0.6) is 5.75 Å². The molecule has 106 valence electrons. The van der Waals surface area contributed by atoms with E-state index >= 15 is 0 Å². The van der Waals surface area contributed by atoms with E-state index in [0.717, 1.165) is 30.0 Å². The van der Waals surface area contributed by atoms with Crippen molar-refractivity contribution in [2.45, 2.75) is 19.9 Å². The summed E-state index contributed by atoms with van der Waals surface area (Å²) >= 11 is 6.90. The first kappa shape index (κ1) is 14.8. The van der Waals surface area contributed by atoms with Crippen molar-refractivity contribution in [1.82, 2.24) is 0 Å². The summed E-state index contributed by atoms with van der Waals surface area (Å²) in [5.74, 6) is 0.785. The Morgan fingerprint density at radius 2 is 2.05 bits per heavy atom.